The van der Waals surface area contributed by atoms with Crippen LogP contribution in [0.1, 0.15) is 39.2 Å². The molecule has 0 saturated heterocycles. The van der Waals surface area contributed by atoms with Crippen LogP contribution in [0.25, 0.3) is 0 Å². The number of aliphatic hydroxyl groups is 1. The zero-order valence-corrected chi connectivity index (χ0v) is 12.0. The van der Waals surface area contributed by atoms with Gasteiger partial charge >= 0.3 is 0 Å². The number of fused-ring (bicyclic) bond motifs is 1. The molecular weight excluding hydrogens is 270 g/mol. The summed E-state index contributed by atoms with van der Waals surface area (Å²) in [6, 6.07) is 7.32. The molecule has 3 rings (SSSR count). The molecule has 4 heteroatoms. The van der Waals surface area contributed by atoms with Crippen LogP contribution >= 0.6 is 11.3 Å². The highest BCUT2D eigenvalue weighted by Gasteiger charge is 2.20. The minimum Gasteiger partial charge on any atom is -0.392 e. The van der Waals surface area contributed by atoms with E-state index in [0.29, 0.717) is 0 Å². The van der Waals surface area contributed by atoms with Crippen molar-refractivity contribution in [2.45, 2.75) is 32.3 Å². The number of hydrogen-bond donors (Lipinski definition) is 2. The molecular formula is C16H17NO2S. The Kier molecular flexibility index (Phi) is 3.85. The minimum atomic E-state index is -0.0421. The molecule has 3 nitrogen and oxygen atoms in total. The number of thiophene rings is 1. The van der Waals surface area contributed by atoms with E-state index in [1.807, 2.05) is 23.6 Å². The van der Waals surface area contributed by atoms with Crippen molar-refractivity contribution in [1.29, 1.82) is 0 Å². The number of anilines is 1. The molecule has 0 atom stereocenters. The third-order valence-corrected chi connectivity index (χ3v) is 4.76. The van der Waals surface area contributed by atoms with Gasteiger partial charge in [-0.3, -0.25) is 4.79 Å². The lowest BCUT2D eigenvalue weighted by atomic mass is 9.95. The average molecular weight is 287 g/mol. The van der Waals surface area contributed by atoms with Crippen LogP contribution in [0, 0.1) is 0 Å². The molecule has 0 spiro atoms. The zero-order valence-electron chi connectivity index (χ0n) is 11.2. The van der Waals surface area contributed by atoms with Crippen LogP contribution in [0.15, 0.2) is 29.6 Å². The Balaban J connectivity index is 1.80. The molecule has 1 heterocycles. The quantitative estimate of drug-likeness (QED) is 0.909. The minimum absolute atomic E-state index is 0.0163. The average Bonchev–Trinajstić information content (AvgIpc) is 2.91. The first-order valence-electron chi connectivity index (χ1n) is 6.88. The van der Waals surface area contributed by atoms with Gasteiger partial charge in [-0.1, -0.05) is 12.1 Å². The number of aliphatic hydroxyl groups excluding tert-OH is 1. The number of carbonyl (C=O) groups excluding carboxylic acids is 1. The fraction of sp³-hybridized carbons (Fsp3) is 0.312. The first-order chi connectivity index (χ1) is 9.78. The van der Waals surface area contributed by atoms with Crippen molar-refractivity contribution in [2.75, 3.05) is 5.32 Å². The molecule has 1 aliphatic carbocycles. The van der Waals surface area contributed by atoms with Crippen LogP contribution in [-0.2, 0) is 19.4 Å². The number of nitrogens with one attached hydrogen (secondary N) is 1. The van der Waals surface area contributed by atoms with E-state index >= 15 is 0 Å². The summed E-state index contributed by atoms with van der Waals surface area (Å²) in [6.45, 7) is -0.0163. The van der Waals surface area contributed by atoms with Gasteiger partial charge in [-0.15, -0.1) is 11.3 Å². The van der Waals surface area contributed by atoms with Crippen molar-refractivity contribution >= 4 is 22.9 Å². The predicted molar refractivity (Wildman–Crippen MR) is 81.3 cm³/mol. The smallest absolute Gasteiger partial charge is 0.256 e. The van der Waals surface area contributed by atoms with Gasteiger partial charge < -0.3 is 10.4 Å². The van der Waals surface area contributed by atoms with Gasteiger partial charge in [-0.25, -0.2) is 0 Å². The molecule has 1 aromatic heterocycles. The molecule has 2 aromatic rings. The zero-order chi connectivity index (χ0) is 13.9. The van der Waals surface area contributed by atoms with Gasteiger partial charge in [-0.2, -0.15) is 0 Å². The number of aryl methyl sites for hydroxylation is 1. The van der Waals surface area contributed by atoms with Crippen molar-refractivity contribution in [3.05, 3.63) is 51.2 Å². The summed E-state index contributed by atoms with van der Waals surface area (Å²) in [5.41, 5.74) is 3.59. The molecule has 1 amide bonds. The molecule has 0 saturated carbocycles. The highest BCUT2D eigenvalue weighted by atomic mass is 32.1. The van der Waals surface area contributed by atoms with Gasteiger partial charge in [-0.05, 0) is 48.9 Å². The van der Waals surface area contributed by atoms with E-state index < -0.39 is 0 Å². The molecule has 1 aliphatic rings. The van der Waals surface area contributed by atoms with Gasteiger partial charge in [0.15, 0.2) is 0 Å². The first kappa shape index (κ1) is 13.3. The molecule has 20 heavy (non-hydrogen) atoms. The Hall–Kier alpha value is -1.65. The monoisotopic (exact) mass is 287 g/mol. The summed E-state index contributed by atoms with van der Waals surface area (Å²) >= 11 is 1.70. The van der Waals surface area contributed by atoms with Gasteiger partial charge in [0.25, 0.3) is 5.91 Å². The maximum Gasteiger partial charge on any atom is 0.256 e. The summed E-state index contributed by atoms with van der Waals surface area (Å²) in [4.78, 5) is 13.7. The number of hydrogen-bond acceptors (Lipinski definition) is 3. The number of amides is 1. The number of benzene rings is 1. The standard InChI is InChI=1S/C16H17NO2S/c18-9-11-4-3-5-12(8-11)17-16(19)14-10-20-15-7-2-1-6-13(14)15/h3-5,8,10,18H,1-2,6-7,9H2,(H,17,19). The van der Waals surface area contributed by atoms with E-state index in [1.165, 1.54) is 23.3 Å². The van der Waals surface area contributed by atoms with Gasteiger partial charge in [0, 0.05) is 15.9 Å². The van der Waals surface area contributed by atoms with Crippen LogP contribution in [0.5, 0.6) is 0 Å². The van der Waals surface area contributed by atoms with E-state index in [4.69, 9.17) is 5.11 Å². The first-order valence-corrected chi connectivity index (χ1v) is 7.76. The molecule has 0 radical (unpaired) electrons. The number of carbonyl (C=O) groups is 1. The Labute approximate surface area is 122 Å². The Morgan fingerprint density at radius 1 is 1.30 bits per heavy atom. The molecule has 1 aromatic carbocycles. The highest BCUT2D eigenvalue weighted by Crippen LogP contribution is 2.30. The van der Waals surface area contributed by atoms with Crippen LogP contribution < -0.4 is 5.32 Å². The molecule has 0 fully saturated rings. The second-order valence-corrected chi connectivity index (χ2v) is 6.04. The largest absolute Gasteiger partial charge is 0.392 e. The maximum atomic E-state index is 12.4. The lowest BCUT2D eigenvalue weighted by Crippen LogP contribution is -2.14. The van der Waals surface area contributed by atoms with Crippen molar-refractivity contribution in [1.82, 2.24) is 0 Å². The van der Waals surface area contributed by atoms with E-state index in [9.17, 15) is 4.79 Å². The third-order valence-electron chi connectivity index (χ3n) is 3.67. The van der Waals surface area contributed by atoms with Crippen LogP contribution in [0.4, 0.5) is 5.69 Å². The second kappa shape index (κ2) is 5.77. The predicted octanol–water partition coefficient (Wildman–Crippen LogP) is 3.37. The SMILES string of the molecule is O=C(Nc1cccc(CO)c1)c1csc2c1CCCC2. The van der Waals surface area contributed by atoms with Crippen LogP contribution in [-0.4, -0.2) is 11.0 Å². The fourth-order valence-corrected chi connectivity index (χ4v) is 3.76. The van der Waals surface area contributed by atoms with E-state index in [0.717, 1.165) is 29.7 Å². The van der Waals surface area contributed by atoms with Crippen molar-refractivity contribution in [3.8, 4) is 0 Å². The topological polar surface area (TPSA) is 49.3 Å². The molecule has 0 aliphatic heterocycles. The fourth-order valence-electron chi connectivity index (χ4n) is 2.63. The lowest BCUT2D eigenvalue weighted by Gasteiger charge is -2.13. The summed E-state index contributed by atoms with van der Waals surface area (Å²) in [5, 5.41) is 14.0. The third kappa shape index (κ3) is 2.62. The Bertz CT molecular complexity index is 633. The summed E-state index contributed by atoms with van der Waals surface area (Å²) in [6.07, 6.45) is 4.52. The van der Waals surface area contributed by atoms with E-state index in [1.54, 1.807) is 17.4 Å². The van der Waals surface area contributed by atoms with E-state index in [2.05, 4.69) is 5.32 Å². The van der Waals surface area contributed by atoms with Gasteiger partial charge in [0.1, 0.15) is 0 Å². The normalized spacial score (nSPS) is 13.8. The molecule has 2 N–H and O–H groups in total. The molecule has 0 unspecified atom stereocenters. The second-order valence-electron chi connectivity index (χ2n) is 5.07. The van der Waals surface area contributed by atoms with E-state index in [-0.39, 0.29) is 12.5 Å². The van der Waals surface area contributed by atoms with Crippen molar-refractivity contribution in [3.63, 3.8) is 0 Å². The molecule has 0 bridgehead atoms. The lowest BCUT2D eigenvalue weighted by molar-refractivity contribution is 0.102. The summed E-state index contributed by atoms with van der Waals surface area (Å²) in [5.74, 6) is -0.0421. The van der Waals surface area contributed by atoms with Crippen molar-refractivity contribution < 1.29 is 9.90 Å². The van der Waals surface area contributed by atoms with Crippen molar-refractivity contribution in [2.24, 2.45) is 0 Å². The van der Waals surface area contributed by atoms with Crippen LogP contribution in [0.2, 0.25) is 0 Å². The Morgan fingerprint density at radius 3 is 3.00 bits per heavy atom. The summed E-state index contributed by atoms with van der Waals surface area (Å²) in [7, 11) is 0. The highest BCUT2D eigenvalue weighted by molar-refractivity contribution is 7.10. The maximum absolute atomic E-state index is 12.4. The number of rotatable bonds is 3. The Morgan fingerprint density at radius 2 is 2.15 bits per heavy atom. The van der Waals surface area contributed by atoms with Gasteiger partial charge in [0.05, 0.1) is 12.2 Å². The van der Waals surface area contributed by atoms with Gasteiger partial charge in [0.2, 0.25) is 0 Å². The molecule has 104 valence electrons. The van der Waals surface area contributed by atoms with Crippen LogP contribution in [0.3, 0.4) is 0 Å². The summed E-state index contributed by atoms with van der Waals surface area (Å²) < 4.78 is 0.